The molecular weight excluding hydrogens is 202 g/mol. The minimum Gasteiger partial charge on any atom is -0.265 e. The third-order valence-corrected chi connectivity index (χ3v) is 3.31. The van der Waals surface area contributed by atoms with Gasteiger partial charge in [-0.15, -0.1) is 11.3 Å². The van der Waals surface area contributed by atoms with Crippen LogP contribution in [0.2, 0.25) is 0 Å². The van der Waals surface area contributed by atoms with E-state index in [9.17, 15) is 0 Å². The first kappa shape index (κ1) is 8.62. The lowest BCUT2D eigenvalue weighted by molar-refractivity contribution is 1.33. The first-order chi connectivity index (χ1) is 7.45. The third kappa shape index (κ3) is 1.43. The second kappa shape index (κ2) is 3.48. The van der Waals surface area contributed by atoms with Crippen LogP contribution in [0.1, 0.15) is 0 Å². The van der Waals surface area contributed by atoms with Crippen LogP contribution in [-0.4, -0.2) is 4.98 Å². The van der Waals surface area contributed by atoms with Crippen LogP contribution in [0.15, 0.2) is 48.8 Å². The maximum absolute atomic E-state index is 4.03. The lowest BCUT2D eigenvalue weighted by Gasteiger charge is -2.01. The van der Waals surface area contributed by atoms with Crippen molar-refractivity contribution in [2.75, 3.05) is 0 Å². The average molecular weight is 210 g/mol. The highest BCUT2D eigenvalue weighted by molar-refractivity contribution is 7.17. The number of nitrogens with zero attached hydrogens (tertiary/aromatic N) is 1. The Kier molecular flexibility index (Phi) is 2.00. The molecule has 2 heterocycles. The van der Waals surface area contributed by atoms with Gasteiger partial charge in [0.1, 0.15) is 0 Å². The minimum absolute atomic E-state index is 1.21. The van der Waals surface area contributed by atoms with E-state index in [1.165, 1.54) is 21.2 Å². The molecule has 0 atom stereocenters. The highest BCUT2D eigenvalue weighted by atomic mass is 32.1. The number of fused-ring (bicyclic) bond motifs is 1. The first-order valence-corrected chi connectivity index (χ1v) is 5.56. The molecule has 1 aromatic carbocycles. The summed E-state index contributed by atoms with van der Waals surface area (Å²) < 4.78 is 1.30. The zero-order valence-electron chi connectivity index (χ0n) is 7.97. The van der Waals surface area contributed by atoms with E-state index in [1.807, 2.05) is 30.6 Å². The van der Waals surface area contributed by atoms with E-state index >= 15 is 0 Å². The van der Waals surface area contributed by atoms with Gasteiger partial charge in [0.05, 0.1) is 0 Å². The van der Waals surface area contributed by atoms with E-state index in [2.05, 4.69) is 28.6 Å². The lowest BCUT2D eigenvalue weighted by Crippen LogP contribution is -1.77. The normalized spacial score (nSPS) is 10.7. The molecule has 1 nitrogen and oxygen atoms in total. The van der Waals surface area contributed by atoms with Crippen LogP contribution >= 0.6 is 11.3 Å². The predicted octanol–water partition coefficient (Wildman–Crippen LogP) is 3.76. The first-order valence-electron chi connectivity index (χ1n) is 4.74. The number of hydrogen-bond acceptors (Lipinski definition) is 2. The highest BCUT2D eigenvalue weighted by Gasteiger charge is 2.03. The van der Waals surface area contributed by atoms with Crippen molar-refractivity contribution in [3.8, 4) is 11.1 Å². The molecule has 0 amide bonds. The largest absolute Gasteiger partial charge is 0.265 e. The Balaban J connectivity index is 2.31. The summed E-state index contributed by atoms with van der Waals surface area (Å²) in [4.78, 5) is 4.03. The van der Waals surface area contributed by atoms with Crippen molar-refractivity contribution < 1.29 is 0 Å². The fourth-order valence-electron chi connectivity index (χ4n) is 1.69. The maximum atomic E-state index is 4.03. The topological polar surface area (TPSA) is 12.9 Å². The molecule has 3 aromatic rings. The predicted molar refractivity (Wildman–Crippen MR) is 63.9 cm³/mol. The molecule has 0 bridgehead atoms. The Labute approximate surface area is 92.0 Å². The summed E-state index contributed by atoms with van der Waals surface area (Å²) in [5.41, 5.74) is 2.48. The monoisotopic (exact) mass is 210 g/mol. The number of benzene rings is 1. The van der Waals surface area contributed by atoms with Crippen molar-refractivity contribution in [2.24, 2.45) is 0 Å². The summed E-state index contributed by atoms with van der Waals surface area (Å²) in [5, 5.41) is 4.43. The number of aromatic nitrogens is 1. The van der Waals surface area contributed by atoms with E-state index in [0.29, 0.717) is 0 Å². The lowest BCUT2D eigenvalue weighted by atomic mass is 10.1. The van der Waals surface area contributed by atoms with Gasteiger partial charge in [-0.05, 0) is 34.7 Å². The van der Waals surface area contributed by atoms with Crippen LogP contribution in [0, 0.1) is 5.38 Å². The van der Waals surface area contributed by atoms with Crippen molar-refractivity contribution in [3.05, 3.63) is 54.2 Å². The summed E-state index contributed by atoms with van der Waals surface area (Å²) in [5.74, 6) is 0. The number of hydrogen-bond donors (Lipinski definition) is 0. The Hall–Kier alpha value is -1.67. The summed E-state index contributed by atoms with van der Waals surface area (Å²) in [6, 6.07) is 12.4. The average Bonchev–Trinajstić information content (AvgIpc) is 2.78. The van der Waals surface area contributed by atoms with Gasteiger partial charge in [0.2, 0.25) is 0 Å². The van der Waals surface area contributed by atoms with Gasteiger partial charge in [-0.2, -0.15) is 0 Å². The molecule has 0 spiro atoms. The Morgan fingerprint density at radius 2 is 1.93 bits per heavy atom. The zero-order chi connectivity index (χ0) is 10.1. The molecule has 0 aliphatic rings. The SMILES string of the molecule is [c]1cc2cccc(-c3ccncc3)c2s1. The third-order valence-electron chi connectivity index (χ3n) is 2.41. The smallest absolute Gasteiger partial charge is 0.0455 e. The van der Waals surface area contributed by atoms with E-state index in [4.69, 9.17) is 0 Å². The van der Waals surface area contributed by atoms with Crippen LogP contribution in [0.5, 0.6) is 0 Å². The van der Waals surface area contributed by atoms with E-state index in [1.54, 1.807) is 11.3 Å². The van der Waals surface area contributed by atoms with E-state index in [-0.39, 0.29) is 0 Å². The molecule has 2 aromatic heterocycles. The van der Waals surface area contributed by atoms with Gasteiger partial charge in [-0.1, -0.05) is 18.2 Å². The number of thiophene rings is 1. The number of pyridine rings is 1. The standard InChI is InChI=1S/C13H8NS/c1-2-11-6-9-15-13(11)12(3-1)10-4-7-14-8-5-10/h1-8H. The number of rotatable bonds is 1. The van der Waals surface area contributed by atoms with Crippen molar-refractivity contribution in [2.45, 2.75) is 0 Å². The summed E-state index contributed by atoms with van der Waals surface area (Å²) in [6.45, 7) is 0. The molecule has 0 saturated carbocycles. The molecule has 3 rings (SSSR count). The Bertz CT molecular complexity index is 584. The maximum Gasteiger partial charge on any atom is 0.0455 e. The van der Waals surface area contributed by atoms with Gasteiger partial charge < -0.3 is 0 Å². The van der Waals surface area contributed by atoms with Crippen molar-refractivity contribution in [3.63, 3.8) is 0 Å². The fraction of sp³-hybridized carbons (Fsp3) is 0. The van der Waals surface area contributed by atoms with Crippen LogP contribution < -0.4 is 0 Å². The van der Waals surface area contributed by atoms with Gasteiger partial charge >= 0.3 is 0 Å². The summed E-state index contributed by atoms with van der Waals surface area (Å²) in [6.07, 6.45) is 3.65. The van der Waals surface area contributed by atoms with Gasteiger partial charge in [0, 0.05) is 22.5 Å². The van der Waals surface area contributed by atoms with Crippen LogP contribution in [0.3, 0.4) is 0 Å². The minimum atomic E-state index is 1.21. The van der Waals surface area contributed by atoms with E-state index < -0.39 is 0 Å². The second-order valence-electron chi connectivity index (χ2n) is 3.32. The molecule has 0 fully saturated rings. The molecule has 0 aliphatic carbocycles. The molecule has 0 N–H and O–H groups in total. The molecule has 71 valence electrons. The van der Waals surface area contributed by atoms with Crippen molar-refractivity contribution in [1.82, 2.24) is 4.98 Å². The van der Waals surface area contributed by atoms with Gasteiger partial charge in [-0.3, -0.25) is 4.98 Å². The van der Waals surface area contributed by atoms with Crippen LogP contribution in [0.25, 0.3) is 21.2 Å². The Morgan fingerprint density at radius 3 is 2.80 bits per heavy atom. The summed E-state index contributed by atoms with van der Waals surface area (Å²) >= 11 is 1.66. The molecule has 0 saturated heterocycles. The molecule has 1 radical (unpaired) electrons. The van der Waals surface area contributed by atoms with E-state index in [0.717, 1.165) is 0 Å². The highest BCUT2D eigenvalue weighted by Crippen LogP contribution is 2.31. The Morgan fingerprint density at radius 1 is 1.07 bits per heavy atom. The molecule has 15 heavy (non-hydrogen) atoms. The fourth-order valence-corrected chi connectivity index (χ4v) is 2.54. The molecule has 0 unspecified atom stereocenters. The second-order valence-corrected chi connectivity index (χ2v) is 4.17. The quantitative estimate of drug-likeness (QED) is 0.596. The van der Waals surface area contributed by atoms with Gasteiger partial charge in [0.25, 0.3) is 0 Å². The van der Waals surface area contributed by atoms with Crippen LogP contribution in [0.4, 0.5) is 0 Å². The summed E-state index contributed by atoms with van der Waals surface area (Å²) in [7, 11) is 0. The zero-order valence-corrected chi connectivity index (χ0v) is 8.79. The van der Waals surface area contributed by atoms with Crippen molar-refractivity contribution >= 4 is 21.4 Å². The van der Waals surface area contributed by atoms with Crippen LogP contribution in [-0.2, 0) is 0 Å². The van der Waals surface area contributed by atoms with Gasteiger partial charge in [0.15, 0.2) is 0 Å². The molecular formula is C13H8NS. The molecule has 0 aliphatic heterocycles. The van der Waals surface area contributed by atoms with Gasteiger partial charge in [-0.25, -0.2) is 0 Å². The molecule has 2 heteroatoms. The van der Waals surface area contributed by atoms with Crippen molar-refractivity contribution in [1.29, 1.82) is 0 Å².